The minimum absolute atomic E-state index is 0.0728. The highest BCUT2D eigenvalue weighted by Crippen LogP contribution is 2.30. The molecule has 0 aliphatic carbocycles. The average molecular weight is 486 g/mol. The van der Waals surface area contributed by atoms with Crippen molar-refractivity contribution in [3.63, 3.8) is 0 Å². The number of aromatic nitrogens is 2. The zero-order valence-electron chi connectivity index (χ0n) is 19.2. The highest BCUT2D eigenvalue weighted by atomic mass is 32.2. The van der Waals surface area contributed by atoms with Gasteiger partial charge in [-0.2, -0.15) is 0 Å². The van der Waals surface area contributed by atoms with Gasteiger partial charge in [-0.25, -0.2) is 13.1 Å². The van der Waals surface area contributed by atoms with Crippen molar-refractivity contribution >= 4 is 26.8 Å². The Hall–Kier alpha value is -4.17. The van der Waals surface area contributed by atoms with Crippen molar-refractivity contribution in [3.8, 4) is 16.9 Å². The first-order valence-electron chi connectivity index (χ1n) is 11.0. The number of pyridine rings is 1. The summed E-state index contributed by atoms with van der Waals surface area (Å²) in [6.07, 6.45) is 0. The Morgan fingerprint density at radius 2 is 1.63 bits per heavy atom. The lowest BCUT2D eigenvalue weighted by Gasteiger charge is -2.12. The molecule has 0 spiro atoms. The highest BCUT2D eigenvalue weighted by Gasteiger charge is 2.21. The average Bonchev–Trinajstić information content (AvgIpc) is 3.26. The van der Waals surface area contributed by atoms with E-state index in [4.69, 9.17) is 9.26 Å². The third kappa shape index (κ3) is 4.88. The summed E-state index contributed by atoms with van der Waals surface area (Å²) < 4.78 is 39.7. The van der Waals surface area contributed by atoms with Crippen molar-refractivity contribution in [2.75, 3.05) is 4.72 Å². The van der Waals surface area contributed by atoms with Crippen LogP contribution in [0.1, 0.15) is 17.0 Å². The number of benzene rings is 3. The first kappa shape index (κ1) is 22.6. The van der Waals surface area contributed by atoms with E-state index in [0.29, 0.717) is 17.9 Å². The Balaban J connectivity index is 1.37. The molecule has 3 aromatic carbocycles. The molecule has 8 heteroatoms. The molecule has 5 rings (SSSR count). The molecule has 0 aliphatic rings. The van der Waals surface area contributed by atoms with E-state index in [-0.39, 0.29) is 10.8 Å². The Morgan fingerprint density at radius 3 is 2.40 bits per heavy atom. The van der Waals surface area contributed by atoms with Gasteiger partial charge in [-0.1, -0.05) is 59.8 Å². The number of rotatable bonds is 7. The summed E-state index contributed by atoms with van der Waals surface area (Å²) in [5, 5.41) is 4.69. The van der Waals surface area contributed by atoms with Crippen LogP contribution in [0.3, 0.4) is 0 Å². The molecule has 0 saturated carbocycles. The lowest BCUT2D eigenvalue weighted by molar-refractivity contribution is 0.309. The van der Waals surface area contributed by atoms with Crippen LogP contribution in [0.2, 0.25) is 0 Å². The summed E-state index contributed by atoms with van der Waals surface area (Å²) in [5.41, 5.74) is 4.69. The molecule has 35 heavy (non-hydrogen) atoms. The molecule has 1 N–H and O–H groups in total. The number of para-hydroxylation sites is 1. The molecule has 0 atom stereocenters. The van der Waals surface area contributed by atoms with E-state index in [1.54, 1.807) is 31.2 Å². The Morgan fingerprint density at radius 1 is 0.886 bits per heavy atom. The van der Waals surface area contributed by atoms with Gasteiger partial charge in [0.15, 0.2) is 0 Å². The smallest absolute Gasteiger partial charge is 0.264 e. The number of hydrogen-bond donors (Lipinski definition) is 1. The minimum Gasteiger partial charge on any atom is -0.488 e. The van der Waals surface area contributed by atoms with Crippen LogP contribution in [0.4, 0.5) is 5.88 Å². The molecule has 0 saturated heterocycles. The fourth-order valence-electron chi connectivity index (χ4n) is 3.87. The van der Waals surface area contributed by atoms with Crippen molar-refractivity contribution in [2.24, 2.45) is 0 Å². The molecule has 0 bridgehead atoms. The molecule has 5 aromatic rings. The maximum Gasteiger partial charge on any atom is 0.264 e. The lowest BCUT2D eigenvalue weighted by atomic mass is 10.0. The van der Waals surface area contributed by atoms with Gasteiger partial charge in [-0.3, -0.25) is 4.98 Å². The molecule has 0 amide bonds. The van der Waals surface area contributed by atoms with Gasteiger partial charge >= 0.3 is 0 Å². The van der Waals surface area contributed by atoms with Crippen LogP contribution < -0.4 is 9.46 Å². The summed E-state index contributed by atoms with van der Waals surface area (Å²) in [7, 11) is -3.87. The molecule has 7 nitrogen and oxygen atoms in total. The largest absolute Gasteiger partial charge is 0.488 e. The van der Waals surface area contributed by atoms with Crippen LogP contribution in [0.25, 0.3) is 22.0 Å². The predicted octanol–water partition coefficient (Wildman–Crippen LogP) is 5.89. The summed E-state index contributed by atoms with van der Waals surface area (Å²) in [6.45, 7) is 4.04. The summed E-state index contributed by atoms with van der Waals surface area (Å²) >= 11 is 0. The molecular weight excluding hydrogens is 462 g/mol. The van der Waals surface area contributed by atoms with Gasteiger partial charge in [0.1, 0.15) is 12.4 Å². The molecule has 0 unspecified atom stereocenters. The molecule has 0 radical (unpaired) electrons. The van der Waals surface area contributed by atoms with Crippen LogP contribution in [0, 0.1) is 13.8 Å². The maximum atomic E-state index is 13.0. The molecule has 2 aromatic heterocycles. The van der Waals surface area contributed by atoms with Crippen LogP contribution in [-0.2, 0) is 16.6 Å². The summed E-state index contributed by atoms with van der Waals surface area (Å²) in [5.74, 6) is 0.853. The van der Waals surface area contributed by atoms with Gasteiger partial charge in [-0.15, -0.1) is 0 Å². The molecule has 0 fully saturated rings. The van der Waals surface area contributed by atoms with Crippen LogP contribution >= 0.6 is 0 Å². The number of sulfonamides is 1. The van der Waals surface area contributed by atoms with E-state index in [2.05, 4.69) is 14.9 Å². The number of anilines is 1. The Bertz CT molecular complexity index is 1610. The monoisotopic (exact) mass is 485 g/mol. The highest BCUT2D eigenvalue weighted by molar-refractivity contribution is 7.92. The van der Waals surface area contributed by atoms with Crippen molar-refractivity contribution in [2.45, 2.75) is 25.3 Å². The Labute approximate surface area is 203 Å². The molecule has 0 aliphatic heterocycles. The van der Waals surface area contributed by atoms with Crippen molar-refractivity contribution in [1.82, 2.24) is 10.1 Å². The van der Waals surface area contributed by atoms with Crippen LogP contribution in [0.15, 0.2) is 94.3 Å². The number of hydrogen-bond acceptors (Lipinski definition) is 6. The lowest BCUT2D eigenvalue weighted by Crippen LogP contribution is -2.13. The van der Waals surface area contributed by atoms with Crippen molar-refractivity contribution in [3.05, 3.63) is 102 Å². The van der Waals surface area contributed by atoms with Crippen molar-refractivity contribution < 1.29 is 17.7 Å². The predicted molar refractivity (Wildman–Crippen MR) is 135 cm³/mol. The quantitative estimate of drug-likeness (QED) is 0.309. The van der Waals surface area contributed by atoms with Gasteiger partial charge < -0.3 is 9.26 Å². The second kappa shape index (κ2) is 9.23. The van der Waals surface area contributed by atoms with Gasteiger partial charge in [0.2, 0.25) is 5.88 Å². The summed E-state index contributed by atoms with van der Waals surface area (Å²) in [6, 6.07) is 25.8. The van der Waals surface area contributed by atoms with E-state index >= 15 is 0 Å². The second-order valence-electron chi connectivity index (χ2n) is 8.20. The normalized spacial score (nSPS) is 11.5. The fraction of sp³-hybridized carbons (Fsp3) is 0.111. The molecule has 176 valence electrons. The standard InChI is InChI=1S/C27H23N3O4S/c1-18-15-25(23-8-3-5-9-24(23)28-18)33-17-20-11-13-21(14-12-20)22-7-4-6-10-26(22)35(31,32)30-27-16-19(2)29-34-27/h3-16,30H,17H2,1-2H3. The van der Waals surface area contributed by atoms with Gasteiger partial charge in [-0.05, 0) is 43.2 Å². The first-order valence-corrected chi connectivity index (χ1v) is 12.5. The number of nitrogens with one attached hydrogen (secondary N) is 1. The van der Waals surface area contributed by atoms with Gasteiger partial charge in [0.25, 0.3) is 10.0 Å². The van der Waals surface area contributed by atoms with E-state index in [1.807, 2.05) is 61.5 Å². The topological polar surface area (TPSA) is 94.3 Å². The van der Waals surface area contributed by atoms with E-state index in [1.165, 1.54) is 6.07 Å². The fourth-order valence-corrected chi connectivity index (χ4v) is 5.07. The number of nitrogens with zero attached hydrogens (tertiary/aromatic N) is 2. The zero-order valence-corrected chi connectivity index (χ0v) is 20.0. The second-order valence-corrected chi connectivity index (χ2v) is 9.85. The first-order chi connectivity index (χ1) is 16.9. The minimum atomic E-state index is -3.87. The third-order valence-corrected chi connectivity index (χ3v) is 6.91. The van der Waals surface area contributed by atoms with E-state index < -0.39 is 10.0 Å². The van der Waals surface area contributed by atoms with E-state index in [0.717, 1.165) is 33.5 Å². The maximum absolute atomic E-state index is 13.0. The number of fused-ring (bicyclic) bond motifs is 1. The van der Waals surface area contributed by atoms with Crippen LogP contribution in [-0.4, -0.2) is 18.6 Å². The number of ether oxygens (including phenoxy) is 1. The molecule has 2 heterocycles. The summed E-state index contributed by atoms with van der Waals surface area (Å²) in [4.78, 5) is 4.70. The zero-order chi connectivity index (χ0) is 24.4. The van der Waals surface area contributed by atoms with E-state index in [9.17, 15) is 8.42 Å². The SMILES string of the molecule is Cc1cc(NS(=O)(=O)c2ccccc2-c2ccc(COc3cc(C)nc4ccccc34)cc2)on1. The Kier molecular flexibility index (Phi) is 5.96. The third-order valence-electron chi connectivity index (χ3n) is 5.51. The molecular formula is C27H23N3O4S. The van der Waals surface area contributed by atoms with Crippen LogP contribution in [0.5, 0.6) is 5.75 Å². The van der Waals surface area contributed by atoms with Gasteiger partial charge in [0.05, 0.1) is 16.1 Å². The van der Waals surface area contributed by atoms with Crippen molar-refractivity contribution in [1.29, 1.82) is 0 Å². The number of aryl methyl sites for hydroxylation is 2. The van der Waals surface area contributed by atoms with Gasteiger partial charge in [0, 0.05) is 28.8 Å².